The number of aromatic nitrogens is 3. The zero-order chi connectivity index (χ0) is 15.5. The van der Waals surface area contributed by atoms with E-state index < -0.39 is 0 Å². The van der Waals surface area contributed by atoms with Gasteiger partial charge in [0.2, 0.25) is 0 Å². The molecule has 0 bridgehead atoms. The molecule has 0 radical (unpaired) electrons. The van der Waals surface area contributed by atoms with Crippen molar-refractivity contribution in [2.24, 2.45) is 0 Å². The minimum absolute atomic E-state index is 0.551. The molecule has 5 heteroatoms. The van der Waals surface area contributed by atoms with Crippen LogP contribution in [-0.4, -0.2) is 15.0 Å². The number of rotatable bonds is 4. The van der Waals surface area contributed by atoms with Crippen molar-refractivity contribution < 1.29 is 0 Å². The summed E-state index contributed by atoms with van der Waals surface area (Å²) in [7, 11) is 0. The zero-order valence-electron chi connectivity index (χ0n) is 12.3. The molecule has 1 heterocycles. The highest BCUT2D eigenvalue weighted by atomic mass is 35.5. The van der Waals surface area contributed by atoms with Gasteiger partial charge in [0.25, 0.3) is 0 Å². The van der Waals surface area contributed by atoms with Crippen LogP contribution in [0.15, 0.2) is 48.7 Å². The lowest BCUT2D eigenvalue weighted by atomic mass is 10.1. The average Bonchev–Trinajstić information content (AvgIpc) is 2.98. The summed E-state index contributed by atoms with van der Waals surface area (Å²) >= 11 is 6.21. The van der Waals surface area contributed by atoms with E-state index in [2.05, 4.69) is 41.5 Å². The molecule has 0 saturated heterocycles. The van der Waals surface area contributed by atoms with E-state index in [1.54, 1.807) is 16.8 Å². The summed E-state index contributed by atoms with van der Waals surface area (Å²) in [4.78, 5) is 0. The fourth-order valence-corrected chi connectivity index (χ4v) is 2.63. The van der Waals surface area contributed by atoms with Gasteiger partial charge in [-0.1, -0.05) is 54.4 Å². The minimum atomic E-state index is 0.551. The highest BCUT2D eigenvalue weighted by Crippen LogP contribution is 2.24. The molecule has 2 N–H and O–H groups in total. The summed E-state index contributed by atoms with van der Waals surface area (Å²) in [6, 6.07) is 13.7. The summed E-state index contributed by atoms with van der Waals surface area (Å²) in [6.07, 6.45) is 4.10. The second-order valence-electron chi connectivity index (χ2n) is 5.21. The smallest absolute Gasteiger partial charge is 0.113 e. The molecular weight excluding hydrogens is 296 g/mol. The molecule has 0 aliphatic heterocycles. The van der Waals surface area contributed by atoms with E-state index in [-0.39, 0.29) is 0 Å². The molecule has 1 aromatic heterocycles. The summed E-state index contributed by atoms with van der Waals surface area (Å²) in [5.74, 6) is 0. The quantitative estimate of drug-likeness (QED) is 0.737. The molecule has 3 aromatic rings. The Morgan fingerprint density at radius 3 is 2.59 bits per heavy atom. The maximum Gasteiger partial charge on any atom is 0.113 e. The first-order chi connectivity index (χ1) is 10.7. The summed E-state index contributed by atoms with van der Waals surface area (Å²) in [5.41, 5.74) is 10.3. The van der Waals surface area contributed by atoms with E-state index in [0.29, 0.717) is 10.7 Å². The van der Waals surface area contributed by atoms with Crippen molar-refractivity contribution in [1.29, 1.82) is 0 Å². The number of benzene rings is 2. The predicted molar refractivity (Wildman–Crippen MR) is 90.2 cm³/mol. The van der Waals surface area contributed by atoms with Crippen molar-refractivity contribution in [3.8, 4) is 16.9 Å². The Balaban J connectivity index is 1.90. The lowest BCUT2D eigenvalue weighted by Gasteiger charge is -2.03. The number of hydrogen-bond donors (Lipinski definition) is 1. The van der Waals surface area contributed by atoms with Crippen LogP contribution in [0.1, 0.15) is 18.9 Å². The Kier molecular flexibility index (Phi) is 4.11. The summed E-state index contributed by atoms with van der Waals surface area (Å²) < 4.78 is 1.66. The van der Waals surface area contributed by atoms with Gasteiger partial charge in [-0.2, -0.15) is 0 Å². The summed E-state index contributed by atoms with van der Waals surface area (Å²) in [6.45, 7) is 2.18. The normalized spacial score (nSPS) is 10.8. The molecule has 0 saturated carbocycles. The highest BCUT2D eigenvalue weighted by Gasteiger charge is 2.08. The Hall–Kier alpha value is -2.33. The maximum absolute atomic E-state index is 6.21. The van der Waals surface area contributed by atoms with Crippen LogP contribution in [0.4, 0.5) is 5.69 Å². The van der Waals surface area contributed by atoms with Gasteiger partial charge in [-0.05, 0) is 30.2 Å². The van der Waals surface area contributed by atoms with Crippen molar-refractivity contribution in [3.05, 3.63) is 59.2 Å². The molecule has 0 aliphatic carbocycles. The van der Waals surface area contributed by atoms with Crippen molar-refractivity contribution in [2.45, 2.75) is 19.8 Å². The van der Waals surface area contributed by atoms with Gasteiger partial charge >= 0.3 is 0 Å². The summed E-state index contributed by atoms with van der Waals surface area (Å²) in [5, 5.41) is 8.93. The van der Waals surface area contributed by atoms with Crippen molar-refractivity contribution >= 4 is 17.3 Å². The van der Waals surface area contributed by atoms with E-state index in [0.717, 1.165) is 29.8 Å². The molecule has 112 valence electrons. The van der Waals surface area contributed by atoms with Gasteiger partial charge in [0.1, 0.15) is 5.69 Å². The number of anilines is 1. The largest absolute Gasteiger partial charge is 0.399 e. The highest BCUT2D eigenvalue weighted by molar-refractivity contribution is 6.32. The number of nitrogen functional groups attached to an aromatic ring is 1. The predicted octanol–water partition coefficient (Wildman–Crippen LogP) is 4.12. The number of halogens is 1. The molecule has 2 aromatic carbocycles. The van der Waals surface area contributed by atoms with E-state index in [1.807, 2.05) is 12.3 Å². The van der Waals surface area contributed by atoms with E-state index in [9.17, 15) is 0 Å². The molecule has 0 fully saturated rings. The number of nitrogens with zero attached hydrogens (tertiary/aromatic N) is 3. The lowest BCUT2D eigenvalue weighted by Crippen LogP contribution is -1.96. The van der Waals surface area contributed by atoms with Gasteiger partial charge in [0.15, 0.2) is 0 Å². The molecule has 0 aliphatic rings. The molecule has 0 spiro atoms. The Morgan fingerprint density at radius 1 is 1.14 bits per heavy atom. The Morgan fingerprint density at radius 2 is 1.91 bits per heavy atom. The third kappa shape index (κ3) is 2.97. The monoisotopic (exact) mass is 312 g/mol. The second-order valence-corrected chi connectivity index (χ2v) is 5.61. The van der Waals surface area contributed by atoms with E-state index in [4.69, 9.17) is 17.3 Å². The maximum atomic E-state index is 6.21. The van der Waals surface area contributed by atoms with Crippen molar-refractivity contribution in [2.75, 3.05) is 5.73 Å². The third-order valence-electron chi connectivity index (χ3n) is 3.50. The van der Waals surface area contributed by atoms with Crippen LogP contribution < -0.4 is 5.73 Å². The molecule has 0 atom stereocenters. The molecule has 3 rings (SSSR count). The van der Waals surface area contributed by atoms with Crippen LogP contribution in [0.2, 0.25) is 5.02 Å². The Bertz CT molecular complexity index is 778. The number of aryl methyl sites for hydroxylation is 1. The number of hydrogen-bond acceptors (Lipinski definition) is 3. The standard InChI is InChI=1S/C17H17ClN4/c1-2-3-12-4-6-13(7-5-12)16-11-22(21-20-16)17-9-8-14(19)10-15(17)18/h4-11H,2-3,19H2,1H3. The van der Waals surface area contributed by atoms with Gasteiger partial charge in [-0.3, -0.25) is 0 Å². The molecule has 4 nitrogen and oxygen atoms in total. The molecule has 0 amide bonds. The van der Waals surface area contributed by atoms with Gasteiger partial charge in [0.05, 0.1) is 16.9 Å². The van der Waals surface area contributed by atoms with Crippen LogP contribution >= 0.6 is 11.6 Å². The minimum Gasteiger partial charge on any atom is -0.399 e. The number of nitrogens with two attached hydrogens (primary N) is 1. The molecule has 22 heavy (non-hydrogen) atoms. The van der Waals surface area contributed by atoms with E-state index >= 15 is 0 Å². The molecule has 0 unspecified atom stereocenters. The lowest BCUT2D eigenvalue weighted by molar-refractivity contribution is 0.804. The van der Waals surface area contributed by atoms with Crippen LogP contribution in [0.3, 0.4) is 0 Å². The van der Waals surface area contributed by atoms with Crippen LogP contribution in [0, 0.1) is 0 Å². The van der Waals surface area contributed by atoms with Gasteiger partial charge in [-0.15, -0.1) is 5.10 Å². The first-order valence-corrected chi connectivity index (χ1v) is 7.62. The fourth-order valence-electron chi connectivity index (χ4n) is 2.35. The average molecular weight is 313 g/mol. The second kappa shape index (κ2) is 6.20. The van der Waals surface area contributed by atoms with Gasteiger partial charge < -0.3 is 5.73 Å². The van der Waals surface area contributed by atoms with Crippen molar-refractivity contribution in [1.82, 2.24) is 15.0 Å². The van der Waals surface area contributed by atoms with Crippen LogP contribution in [0.25, 0.3) is 16.9 Å². The van der Waals surface area contributed by atoms with E-state index in [1.165, 1.54) is 5.56 Å². The van der Waals surface area contributed by atoms with Gasteiger partial charge in [-0.25, -0.2) is 4.68 Å². The first-order valence-electron chi connectivity index (χ1n) is 7.24. The third-order valence-corrected chi connectivity index (χ3v) is 3.80. The Labute approximate surface area is 134 Å². The zero-order valence-corrected chi connectivity index (χ0v) is 13.1. The van der Waals surface area contributed by atoms with Crippen molar-refractivity contribution in [3.63, 3.8) is 0 Å². The fraction of sp³-hybridized carbons (Fsp3) is 0.176. The SMILES string of the molecule is CCCc1ccc(-c2cn(-c3ccc(N)cc3Cl)nn2)cc1. The molecular formula is C17H17ClN4. The first kappa shape index (κ1) is 14.6. The van der Waals surface area contributed by atoms with Crippen LogP contribution in [-0.2, 0) is 6.42 Å². The topological polar surface area (TPSA) is 56.7 Å². The van der Waals surface area contributed by atoms with Crippen LogP contribution in [0.5, 0.6) is 0 Å². The van der Waals surface area contributed by atoms with Gasteiger partial charge in [0, 0.05) is 11.3 Å².